The third-order valence-electron chi connectivity index (χ3n) is 3.64. The van der Waals surface area contributed by atoms with Crippen LogP contribution in [0.25, 0.3) is 26.5 Å². The average molecular weight is 306 g/mol. The molecule has 0 aliphatic carbocycles. The molecule has 0 aliphatic heterocycles. The molecule has 0 aliphatic rings. The van der Waals surface area contributed by atoms with Gasteiger partial charge in [0.1, 0.15) is 16.6 Å². The fraction of sp³-hybridized carbons (Fsp3) is 0.0556. The maximum absolute atomic E-state index is 5.22. The number of methoxy groups -OCH3 is 1. The fourth-order valence-corrected chi connectivity index (χ4v) is 3.57. The van der Waals surface area contributed by atoms with Crippen molar-refractivity contribution >= 4 is 21.4 Å². The molecule has 3 nitrogen and oxygen atoms in total. The monoisotopic (exact) mass is 306 g/mol. The van der Waals surface area contributed by atoms with Gasteiger partial charge in [-0.1, -0.05) is 18.2 Å². The summed E-state index contributed by atoms with van der Waals surface area (Å²) in [5, 5.41) is 2.43. The van der Waals surface area contributed by atoms with Crippen molar-refractivity contribution in [3.8, 4) is 22.1 Å². The van der Waals surface area contributed by atoms with E-state index < -0.39 is 0 Å². The Morgan fingerprint density at radius 3 is 2.64 bits per heavy atom. The van der Waals surface area contributed by atoms with Crippen molar-refractivity contribution in [2.45, 2.75) is 0 Å². The molecule has 4 heteroatoms. The normalized spacial score (nSPS) is 11.0. The number of nitrogens with zero attached hydrogens (tertiary/aromatic N) is 2. The molecule has 2 aromatic heterocycles. The quantitative estimate of drug-likeness (QED) is 0.545. The van der Waals surface area contributed by atoms with Gasteiger partial charge in [-0.2, -0.15) is 0 Å². The van der Waals surface area contributed by atoms with E-state index in [-0.39, 0.29) is 0 Å². The van der Waals surface area contributed by atoms with Gasteiger partial charge in [-0.25, -0.2) is 4.98 Å². The van der Waals surface area contributed by atoms with E-state index in [1.807, 2.05) is 36.7 Å². The molecule has 108 valence electrons. The molecule has 0 amide bonds. The first-order valence-electron chi connectivity index (χ1n) is 7.02. The molecule has 0 fully saturated rings. The van der Waals surface area contributed by atoms with E-state index in [4.69, 9.17) is 4.74 Å². The van der Waals surface area contributed by atoms with Crippen LogP contribution in [-0.2, 0) is 0 Å². The second-order valence-corrected chi connectivity index (χ2v) is 6.03. The zero-order valence-corrected chi connectivity index (χ0v) is 12.9. The Morgan fingerprint density at radius 2 is 1.86 bits per heavy atom. The number of benzene rings is 2. The molecule has 2 heterocycles. The SMILES string of the molecule is COc1ccc(-c2nccn2-c2cc3ccccc3s2)cc1. The van der Waals surface area contributed by atoms with Gasteiger partial charge >= 0.3 is 0 Å². The summed E-state index contributed by atoms with van der Waals surface area (Å²) in [6, 6.07) is 18.6. The zero-order chi connectivity index (χ0) is 14.9. The van der Waals surface area contributed by atoms with Gasteiger partial charge in [-0.05, 0) is 41.8 Å². The molecular formula is C18H14N2OS. The van der Waals surface area contributed by atoms with Crippen LogP contribution in [0.4, 0.5) is 0 Å². The molecule has 0 N–H and O–H groups in total. The lowest BCUT2D eigenvalue weighted by molar-refractivity contribution is 0.415. The summed E-state index contributed by atoms with van der Waals surface area (Å²) in [4.78, 5) is 4.52. The minimum Gasteiger partial charge on any atom is -0.497 e. The molecule has 0 saturated heterocycles. The van der Waals surface area contributed by atoms with Gasteiger partial charge < -0.3 is 4.74 Å². The molecule has 22 heavy (non-hydrogen) atoms. The summed E-state index contributed by atoms with van der Waals surface area (Å²) in [5.41, 5.74) is 1.07. The number of ether oxygens (including phenoxy) is 1. The lowest BCUT2D eigenvalue weighted by Gasteiger charge is -2.06. The minimum atomic E-state index is 0.851. The van der Waals surface area contributed by atoms with Crippen LogP contribution < -0.4 is 4.74 Å². The highest BCUT2D eigenvalue weighted by atomic mass is 32.1. The number of fused-ring (bicyclic) bond motifs is 1. The summed E-state index contributed by atoms with van der Waals surface area (Å²) in [5.74, 6) is 1.79. The average Bonchev–Trinajstić information content (AvgIpc) is 3.21. The smallest absolute Gasteiger partial charge is 0.145 e. The summed E-state index contributed by atoms with van der Waals surface area (Å²) >= 11 is 1.77. The maximum atomic E-state index is 5.22. The fourth-order valence-electron chi connectivity index (χ4n) is 2.52. The molecule has 2 aromatic carbocycles. The highest BCUT2D eigenvalue weighted by Gasteiger charge is 2.10. The first-order valence-corrected chi connectivity index (χ1v) is 7.83. The van der Waals surface area contributed by atoms with Gasteiger partial charge in [-0.15, -0.1) is 11.3 Å². The lowest BCUT2D eigenvalue weighted by Crippen LogP contribution is -1.93. The number of hydrogen-bond acceptors (Lipinski definition) is 3. The van der Waals surface area contributed by atoms with Gasteiger partial charge in [-0.3, -0.25) is 4.57 Å². The molecule has 4 aromatic rings. The van der Waals surface area contributed by atoms with Crippen LogP contribution in [0.5, 0.6) is 5.75 Å². The maximum Gasteiger partial charge on any atom is 0.145 e. The molecule has 0 bridgehead atoms. The predicted octanol–water partition coefficient (Wildman–Crippen LogP) is 4.76. The van der Waals surface area contributed by atoms with Crippen LogP contribution in [0, 0.1) is 0 Å². The molecular weight excluding hydrogens is 292 g/mol. The van der Waals surface area contributed by atoms with Crippen molar-refractivity contribution in [2.75, 3.05) is 7.11 Å². The number of rotatable bonds is 3. The second-order valence-electron chi connectivity index (χ2n) is 4.97. The Bertz CT molecular complexity index is 889. The summed E-state index contributed by atoms with van der Waals surface area (Å²) in [6.07, 6.45) is 3.84. The third kappa shape index (κ3) is 2.18. The number of imidazole rings is 1. The van der Waals surface area contributed by atoms with Crippen molar-refractivity contribution in [3.05, 3.63) is 67.0 Å². The summed E-state index contributed by atoms with van der Waals surface area (Å²) in [6.45, 7) is 0. The summed E-state index contributed by atoms with van der Waals surface area (Å²) < 4.78 is 8.63. The molecule has 0 spiro atoms. The van der Waals surface area contributed by atoms with Crippen molar-refractivity contribution < 1.29 is 4.74 Å². The van der Waals surface area contributed by atoms with E-state index in [1.54, 1.807) is 18.4 Å². The highest BCUT2D eigenvalue weighted by Crippen LogP contribution is 2.31. The van der Waals surface area contributed by atoms with Gasteiger partial charge in [0.15, 0.2) is 0 Å². The predicted molar refractivity (Wildman–Crippen MR) is 90.9 cm³/mol. The van der Waals surface area contributed by atoms with E-state index in [1.165, 1.54) is 15.1 Å². The van der Waals surface area contributed by atoms with Crippen LogP contribution >= 0.6 is 11.3 Å². The van der Waals surface area contributed by atoms with Gasteiger partial charge in [0.05, 0.1) is 7.11 Å². The Labute approximate surface area is 132 Å². The Kier molecular flexibility index (Phi) is 3.16. The first kappa shape index (κ1) is 13.1. The molecule has 0 unspecified atom stereocenters. The molecule has 0 radical (unpaired) electrons. The van der Waals surface area contributed by atoms with Crippen molar-refractivity contribution in [2.24, 2.45) is 0 Å². The van der Waals surface area contributed by atoms with Crippen LogP contribution in [0.15, 0.2) is 67.0 Å². The molecule has 0 atom stereocenters. The first-order chi connectivity index (χ1) is 10.8. The standard InChI is InChI=1S/C18H14N2OS/c1-21-15-8-6-13(7-9-15)18-19-10-11-20(18)17-12-14-4-2-3-5-16(14)22-17/h2-12H,1H3. The van der Waals surface area contributed by atoms with Gasteiger partial charge in [0.25, 0.3) is 0 Å². The molecule has 4 rings (SSSR count). The highest BCUT2D eigenvalue weighted by molar-refractivity contribution is 7.21. The summed E-state index contributed by atoms with van der Waals surface area (Å²) in [7, 11) is 1.67. The topological polar surface area (TPSA) is 27.1 Å². The van der Waals surface area contributed by atoms with Crippen molar-refractivity contribution in [1.29, 1.82) is 0 Å². The van der Waals surface area contributed by atoms with Crippen LogP contribution in [-0.4, -0.2) is 16.7 Å². The largest absolute Gasteiger partial charge is 0.497 e. The van der Waals surface area contributed by atoms with Crippen LogP contribution in [0.3, 0.4) is 0 Å². The van der Waals surface area contributed by atoms with E-state index in [0.717, 1.165) is 17.1 Å². The van der Waals surface area contributed by atoms with E-state index >= 15 is 0 Å². The Morgan fingerprint density at radius 1 is 1.05 bits per heavy atom. The third-order valence-corrected chi connectivity index (χ3v) is 4.75. The van der Waals surface area contributed by atoms with Gasteiger partial charge in [0.2, 0.25) is 0 Å². The van der Waals surface area contributed by atoms with E-state index in [0.29, 0.717) is 0 Å². The minimum absolute atomic E-state index is 0.851. The second kappa shape index (κ2) is 5.31. The number of thiophene rings is 1. The zero-order valence-electron chi connectivity index (χ0n) is 12.1. The van der Waals surface area contributed by atoms with Crippen LogP contribution in [0.1, 0.15) is 0 Å². The molecule has 0 saturated carbocycles. The Balaban J connectivity index is 1.81. The van der Waals surface area contributed by atoms with Crippen molar-refractivity contribution in [1.82, 2.24) is 9.55 Å². The van der Waals surface area contributed by atoms with Crippen molar-refractivity contribution in [3.63, 3.8) is 0 Å². The Hall–Kier alpha value is -2.59. The number of hydrogen-bond donors (Lipinski definition) is 0. The lowest BCUT2D eigenvalue weighted by atomic mass is 10.2. The van der Waals surface area contributed by atoms with Gasteiger partial charge in [0, 0.05) is 22.7 Å². The number of aromatic nitrogens is 2. The van der Waals surface area contributed by atoms with E-state index in [9.17, 15) is 0 Å². The van der Waals surface area contributed by atoms with E-state index in [2.05, 4.69) is 39.9 Å². The van der Waals surface area contributed by atoms with Crippen LogP contribution in [0.2, 0.25) is 0 Å².